The lowest BCUT2D eigenvalue weighted by Crippen LogP contribution is -1.92. The molecule has 2 rings (SSSR count). The summed E-state index contributed by atoms with van der Waals surface area (Å²) in [6, 6.07) is 8.32. The lowest BCUT2D eigenvalue weighted by molar-refractivity contribution is 0.771. The molecule has 0 saturated carbocycles. The monoisotopic (exact) mass is 238 g/mol. The van der Waals surface area contributed by atoms with Crippen LogP contribution in [0.4, 0.5) is 0 Å². The Morgan fingerprint density at radius 3 is 2.92 bits per heavy atom. The molecule has 1 heterocycles. The van der Waals surface area contributed by atoms with E-state index in [0.29, 0.717) is 0 Å². The van der Waals surface area contributed by atoms with Crippen molar-refractivity contribution in [2.45, 2.75) is 6.42 Å². The normalized spacial score (nSPS) is 10.9. The van der Waals surface area contributed by atoms with Crippen LogP contribution in [0.5, 0.6) is 0 Å². The number of rotatable bonds is 2. The highest BCUT2D eigenvalue weighted by Gasteiger charge is 2.05. The molecule has 1 aromatic heterocycles. The van der Waals surface area contributed by atoms with E-state index < -0.39 is 0 Å². The first kappa shape index (κ1) is 8.75. The zero-order chi connectivity index (χ0) is 9.26. The Morgan fingerprint density at radius 1 is 1.38 bits per heavy atom. The van der Waals surface area contributed by atoms with Crippen LogP contribution in [0.3, 0.4) is 0 Å². The van der Waals surface area contributed by atoms with Crippen LogP contribution in [-0.4, -0.2) is 15.1 Å². The lowest BCUT2D eigenvalue weighted by atomic mass is 10.2. The van der Waals surface area contributed by atoms with Crippen molar-refractivity contribution in [1.29, 1.82) is 0 Å². The third-order valence-electron chi connectivity index (χ3n) is 2.17. The van der Waals surface area contributed by atoms with Gasteiger partial charge in [-0.3, -0.25) is 4.68 Å². The predicted molar refractivity (Wildman–Crippen MR) is 58.2 cm³/mol. The number of aryl methyl sites for hydroxylation is 2. The molecule has 0 N–H and O–H groups in total. The summed E-state index contributed by atoms with van der Waals surface area (Å²) >= 11 is 3.43. The molecule has 0 fully saturated rings. The molecular weight excluding hydrogens is 228 g/mol. The second-order valence-corrected chi connectivity index (χ2v) is 3.82. The molecule has 1 aromatic carbocycles. The second kappa shape index (κ2) is 3.50. The molecule has 0 aliphatic carbocycles. The van der Waals surface area contributed by atoms with Crippen molar-refractivity contribution in [3.8, 4) is 0 Å². The molecule has 0 spiro atoms. The standard InChI is InChI=1S/C10H11BrN2/c1-13-10-5-3-2-4-8(10)9(12-13)6-7-11/h2-5H,6-7H2,1H3. The minimum Gasteiger partial charge on any atom is -0.268 e. The van der Waals surface area contributed by atoms with E-state index in [4.69, 9.17) is 0 Å². The summed E-state index contributed by atoms with van der Waals surface area (Å²) in [5, 5.41) is 6.70. The fourth-order valence-electron chi connectivity index (χ4n) is 1.56. The summed E-state index contributed by atoms with van der Waals surface area (Å²) < 4.78 is 1.94. The molecule has 0 radical (unpaired) electrons. The Morgan fingerprint density at radius 2 is 2.15 bits per heavy atom. The average molecular weight is 239 g/mol. The number of halogens is 1. The molecule has 0 amide bonds. The number of nitrogens with zero attached hydrogens (tertiary/aromatic N) is 2. The maximum absolute atomic E-state index is 4.47. The Bertz CT molecular complexity index is 420. The third-order valence-corrected chi connectivity index (χ3v) is 2.56. The highest BCUT2D eigenvalue weighted by Crippen LogP contribution is 2.17. The maximum atomic E-state index is 4.47. The fourth-order valence-corrected chi connectivity index (χ4v) is 1.94. The molecule has 0 aliphatic heterocycles. The van der Waals surface area contributed by atoms with Gasteiger partial charge in [-0.2, -0.15) is 5.10 Å². The van der Waals surface area contributed by atoms with E-state index in [0.717, 1.165) is 11.8 Å². The Hall–Kier alpha value is -0.830. The second-order valence-electron chi connectivity index (χ2n) is 3.03. The zero-order valence-electron chi connectivity index (χ0n) is 7.50. The molecule has 3 heteroatoms. The third kappa shape index (κ3) is 1.48. The number of para-hydroxylation sites is 1. The van der Waals surface area contributed by atoms with Crippen LogP contribution in [0.2, 0.25) is 0 Å². The van der Waals surface area contributed by atoms with E-state index in [9.17, 15) is 0 Å². The van der Waals surface area contributed by atoms with E-state index in [1.54, 1.807) is 0 Å². The number of fused-ring (bicyclic) bond motifs is 1. The molecule has 0 unspecified atom stereocenters. The van der Waals surface area contributed by atoms with E-state index >= 15 is 0 Å². The minimum absolute atomic E-state index is 0.966. The van der Waals surface area contributed by atoms with Crippen LogP contribution in [-0.2, 0) is 13.5 Å². The Kier molecular flexibility index (Phi) is 2.36. The van der Waals surface area contributed by atoms with Crippen molar-refractivity contribution >= 4 is 26.8 Å². The first-order valence-electron chi connectivity index (χ1n) is 4.29. The van der Waals surface area contributed by atoms with E-state index in [1.807, 2.05) is 17.8 Å². The van der Waals surface area contributed by atoms with Gasteiger partial charge in [0.1, 0.15) is 0 Å². The van der Waals surface area contributed by atoms with Gasteiger partial charge in [0.25, 0.3) is 0 Å². The summed E-state index contributed by atoms with van der Waals surface area (Å²) in [6.45, 7) is 0. The number of hydrogen-bond acceptors (Lipinski definition) is 1. The molecule has 0 atom stereocenters. The van der Waals surface area contributed by atoms with Crippen LogP contribution < -0.4 is 0 Å². The van der Waals surface area contributed by atoms with Gasteiger partial charge >= 0.3 is 0 Å². The van der Waals surface area contributed by atoms with Gasteiger partial charge in [-0.15, -0.1) is 0 Å². The molecule has 2 aromatic rings. The van der Waals surface area contributed by atoms with Gasteiger partial charge in [-0.1, -0.05) is 34.1 Å². The Balaban J connectivity index is 2.63. The van der Waals surface area contributed by atoms with Gasteiger partial charge in [-0.25, -0.2) is 0 Å². The van der Waals surface area contributed by atoms with Crippen LogP contribution >= 0.6 is 15.9 Å². The van der Waals surface area contributed by atoms with Crippen molar-refractivity contribution in [3.63, 3.8) is 0 Å². The summed E-state index contributed by atoms with van der Waals surface area (Å²) in [4.78, 5) is 0. The van der Waals surface area contributed by atoms with Crippen molar-refractivity contribution in [3.05, 3.63) is 30.0 Å². The van der Waals surface area contributed by atoms with Gasteiger partial charge in [0.05, 0.1) is 11.2 Å². The summed E-state index contributed by atoms with van der Waals surface area (Å²) in [5.74, 6) is 0. The molecular formula is C10H11BrN2. The molecule has 68 valence electrons. The van der Waals surface area contributed by atoms with Crippen LogP contribution in [0.1, 0.15) is 5.69 Å². The van der Waals surface area contributed by atoms with E-state index in [-0.39, 0.29) is 0 Å². The lowest BCUT2D eigenvalue weighted by Gasteiger charge is -1.91. The molecule has 13 heavy (non-hydrogen) atoms. The van der Waals surface area contributed by atoms with Gasteiger partial charge in [0.15, 0.2) is 0 Å². The Labute approximate surface area is 85.7 Å². The van der Waals surface area contributed by atoms with Gasteiger partial charge < -0.3 is 0 Å². The average Bonchev–Trinajstić information content (AvgIpc) is 2.46. The molecule has 2 nitrogen and oxygen atoms in total. The summed E-state index contributed by atoms with van der Waals surface area (Å²) in [6.07, 6.45) is 0.987. The van der Waals surface area contributed by atoms with Crippen molar-refractivity contribution in [2.75, 3.05) is 5.33 Å². The van der Waals surface area contributed by atoms with Crippen LogP contribution in [0.25, 0.3) is 10.9 Å². The first-order chi connectivity index (χ1) is 6.33. The predicted octanol–water partition coefficient (Wildman–Crippen LogP) is 2.51. The quantitative estimate of drug-likeness (QED) is 0.736. The van der Waals surface area contributed by atoms with E-state index in [2.05, 4.69) is 39.2 Å². The van der Waals surface area contributed by atoms with Crippen LogP contribution in [0, 0.1) is 0 Å². The van der Waals surface area contributed by atoms with Crippen LogP contribution in [0.15, 0.2) is 24.3 Å². The van der Waals surface area contributed by atoms with Crippen molar-refractivity contribution < 1.29 is 0 Å². The molecule has 0 aliphatic rings. The fraction of sp³-hybridized carbons (Fsp3) is 0.300. The number of alkyl halides is 1. The number of hydrogen-bond donors (Lipinski definition) is 0. The number of benzene rings is 1. The van der Waals surface area contributed by atoms with Gasteiger partial charge in [0, 0.05) is 24.2 Å². The molecule has 0 saturated heterocycles. The SMILES string of the molecule is Cn1nc(CCBr)c2ccccc21. The largest absolute Gasteiger partial charge is 0.268 e. The summed E-state index contributed by atoms with van der Waals surface area (Å²) in [5.41, 5.74) is 2.38. The zero-order valence-corrected chi connectivity index (χ0v) is 9.08. The molecule has 0 bridgehead atoms. The van der Waals surface area contributed by atoms with Gasteiger partial charge in [-0.05, 0) is 6.07 Å². The van der Waals surface area contributed by atoms with Crippen molar-refractivity contribution in [2.24, 2.45) is 7.05 Å². The minimum atomic E-state index is 0.966. The topological polar surface area (TPSA) is 17.8 Å². The van der Waals surface area contributed by atoms with Gasteiger partial charge in [0.2, 0.25) is 0 Å². The highest BCUT2D eigenvalue weighted by atomic mass is 79.9. The maximum Gasteiger partial charge on any atom is 0.0711 e. The van der Waals surface area contributed by atoms with E-state index in [1.165, 1.54) is 16.6 Å². The van der Waals surface area contributed by atoms with Crippen molar-refractivity contribution in [1.82, 2.24) is 9.78 Å². The highest BCUT2D eigenvalue weighted by molar-refractivity contribution is 9.09. The summed E-state index contributed by atoms with van der Waals surface area (Å²) in [7, 11) is 1.99. The smallest absolute Gasteiger partial charge is 0.0711 e. The number of aromatic nitrogens is 2. The first-order valence-corrected chi connectivity index (χ1v) is 5.41.